The summed E-state index contributed by atoms with van der Waals surface area (Å²) in [6, 6.07) is 6.85. The smallest absolute Gasteiger partial charge is 0.364 e. The highest BCUT2D eigenvalue weighted by atomic mass is 19.4. The van der Waals surface area contributed by atoms with Crippen molar-refractivity contribution in [2.24, 2.45) is 5.73 Å². The lowest BCUT2D eigenvalue weighted by Gasteiger charge is -2.12. The van der Waals surface area contributed by atoms with Crippen LogP contribution in [0.5, 0.6) is 0 Å². The van der Waals surface area contributed by atoms with E-state index in [1.807, 2.05) is 0 Å². The van der Waals surface area contributed by atoms with Crippen LogP contribution in [-0.4, -0.2) is 15.9 Å². The third-order valence-electron chi connectivity index (χ3n) is 3.97. The van der Waals surface area contributed by atoms with Crippen molar-refractivity contribution in [3.05, 3.63) is 64.8 Å². The summed E-state index contributed by atoms with van der Waals surface area (Å²) in [6.45, 7) is -0.0580. The van der Waals surface area contributed by atoms with E-state index in [0.717, 1.165) is 30.3 Å². The predicted octanol–water partition coefficient (Wildman–Crippen LogP) is 4.38. The number of nitrogens with one attached hydrogen (secondary N) is 1. The summed E-state index contributed by atoms with van der Waals surface area (Å²) >= 11 is 0. The number of carbonyl (C=O) groups excluding carboxylic acids is 1. The minimum atomic E-state index is -4.59. The second-order valence-electron chi connectivity index (χ2n) is 6.03. The first-order valence-corrected chi connectivity index (χ1v) is 8.04. The summed E-state index contributed by atoms with van der Waals surface area (Å²) in [5.41, 5.74) is 3.50. The van der Waals surface area contributed by atoms with Crippen molar-refractivity contribution in [2.75, 3.05) is 5.32 Å². The van der Waals surface area contributed by atoms with Gasteiger partial charge in [0.2, 0.25) is 0 Å². The minimum absolute atomic E-state index is 0.0341. The van der Waals surface area contributed by atoms with Crippen LogP contribution in [0.25, 0.3) is 11.0 Å². The molecule has 1 aromatic heterocycles. The zero-order valence-corrected chi connectivity index (χ0v) is 14.4. The van der Waals surface area contributed by atoms with E-state index >= 15 is 0 Å². The van der Waals surface area contributed by atoms with Crippen LogP contribution in [0.15, 0.2) is 42.5 Å². The number of aromatic nitrogens is 2. The quantitative estimate of drug-likeness (QED) is 0.621. The number of fused-ring (bicyclic) bond motifs is 1. The molecule has 152 valence electrons. The Morgan fingerprint density at radius 2 is 1.45 bits per heavy atom. The topological polar surface area (TPSA) is 80.9 Å². The molecule has 0 saturated carbocycles. The van der Waals surface area contributed by atoms with Gasteiger partial charge in [0.25, 0.3) is 5.91 Å². The number of benzene rings is 2. The molecule has 0 radical (unpaired) electrons. The van der Waals surface area contributed by atoms with Crippen molar-refractivity contribution in [1.82, 2.24) is 9.97 Å². The second-order valence-corrected chi connectivity index (χ2v) is 6.03. The number of amides is 1. The van der Waals surface area contributed by atoms with Crippen LogP contribution in [0.1, 0.15) is 27.2 Å². The third kappa shape index (κ3) is 4.55. The first-order valence-electron chi connectivity index (χ1n) is 8.04. The number of anilines is 1. The second kappa shape index (κ2) is 7.22. The van der Waals surface area contributed by atoms with E-state index in [1.165, 1.54) is 12.1 Å². The molecule has 29 heavy (non-hydrogen) atoms. The van der Waals surface area contributed by atoms with Crippen molar-refractivity contribution in [3.63, 3.8) is 0 Å². The first-order chi connectivity index (χ1) is 13.4. The largest absolute Gasteiger partial charge is 0.416 e. The monoisotopic (exact) mass is 414 g/mol. The van der Waals surface area contributed by atoms with E-state index in [-0.39, 0.29) is 29.1 Å². The molecule has 1 amide bonds. The van der Waals surface area contributed by atoms with Crippen LogP contribution in [-0.2, 0) is 18.9 Å². The van der Waals surface area contributed by atoms with Crippen LogP contribution < -0.4 is 11.1 Å². The van der Waals surface area contributed by atoms with Gasteiger partial charge in [0, 0.05) is 6.54 Å². The Hall–Kier alpha value is -3.37. The Bertz CT molecular complexity index is 1060. The maximum atomic E-state index is 12.9. The highest BCUT2D eigenvalue weighted by Gasteiger charge is 2.31. The van der Waals surface area contributed by atoms with Crippen LogP contribution in [0.2, 0.25) is 0 Å². The summed E-state index contributed by atoms with van der Waals surface area (Å²) in [5, 5.41) is 2.68. The average Bonchev–Trinajstić information content (AvgIpc) is 2.64. The zero-order valence-electron chi connectivity index (χ0n) is 14.4. The van der Waals surface area contributed by atoms with E-state index in [1.54, 1.807) is 0 Å². The molecule has 0 unspecified atom stereocenters. The summed E-state index contributed by atoms with van der Waals surface area (Å²) in [7, 11) is 0. The maximum Gasteiger partial charge on any atom is 0.416 e. The molecule has 0 aliphatic heterocycles. The zero-order chi connectivity index (χ0) is 21.4. The summed E-state index contributed by atoms with van der Waals surface area (Å²) in [4.78, 5) is 19.6. The molecule has 0 saturated heterocycles. The highest BCUT2D eigenvalue weighted by molar-refractivity contribution is 5.97. The van der Waals surface area contributed by atoms with Gasteiger partial charge in [-0.05, 0) is 35.9 Å². The number of rotatable bonds is 4. The lowest BCUT2D eigenvalue weighted by molar-refractivity contribution is -0.138. The Morgan fingerprint density at radius 1 is 0.862 bits per heavy atom. The molecule has 5 nitrogen and oxygen atoms in total. The van der Waals surface area contributed by atoms with Crippen LogP contribution in [0, 0.1) is 0 Å². The van der Waals surface area contributed by atoms with Gasteiger partial charge >= 0.3 is 12.4 Å². The van der Waals surface area contributed by atoms with Crippen molar-refractivity contribution < 1.29 is 31.1 Å². The van der Waals surface area contributed by atoms with Crippen molar-refractivity contribution in [1.29, 1.82) is 0 Å². The molecular weight excluding hydrogens is 402 g/mol. The Labute approximate surface area is 159 Å². The predicted molar refractivity (Wildman–Crippen MR) is 91.8 cm³/mol. The number of nitrogens with zero attached hydrogens (tertiary/aromatic N) is 2. The number of nitrogens with two attached hydrogens (primary N) is 1. The fourth-order valence-electron chi connectivity index (χ4n) is 2.52. The van der Waals surface area contributed by atoms with Gasteiger partial charge in [-0.1, -0.05) is 12.1 Å². The van der Waals surface area contributed by atoms with Crippen LogP contribution >= 0.6 is 0 Å². The van der Waals surface area contributed by atoms with Gasteiger partial charge in [-0.25, -0.2) is 9.97 Å². The van der Waals surface area contributed by atoms with Gasteiger partial charge in [0.05, 0.1) is 22.2 Å². The van der Waals surface area contributed by atoms with E-state index in [2.05, 4.69) is 15.3 Å². The maximum absolute atomic E-state index is 12.9. The van der Waals surface area contributed by atoms with E-state index in [4.69, 9.17) is 5.73 Å². The van der Waals surface area contributed by atoms with Crippen LogP contribution in [0.4, 0.5) is 32.2 Å². The Morgan fingerprint density at radius 3 is 2.00 bits per heavy atom. The normalized spacial score (nSPS) is 12.2. The van der Waals surface area contributed by atoms with Crippen molar-refractivity contribution >= 4 is 22.8 Å². The summed E-state index contributed by atoms with van der Waals surface area (Å²) in [5.74, 6) is -1.14. The van der Waals surface area contributed by atoms with Crippen molar-refractivity contribution in [2.45, 2.75) is 18.9 Å². The molecule has 0 aliphatic rings. The summed E-state index contributed by atoms with van der Waals surface area (Å²) in [6.07, 6.45) is -9.07. The third-order valence-corrected chi connectivity index (χ3v) is 3.97. The van der Waals surface area contributed by atoms with Gasteiger partial charge in [-0.2, -0.15) is 26.3 Å². The molecule has 11 heteroatoms. The Kier molecular flexibility index (Phi) is 5.07. The average molecular weight is 414 g/mol. The molecule has 0 bridgehead atoms. The Balaban J connectivity index is 1.92. The molecule has 1 heterocycles. The van der Waals surface area contributed by atoms with Crippen molar-refractivity contribution in [3.8, 4) is 0 Å². The number of primary amides is 1. The molecule has 3 aromatic rings. The number of hydrogen-bond donors (Lipinski definition) is 2. The molecule has 3 rings (SSSR count). The molecule has 0 spiro atoms. The van der Waals surface area contributed by atoms with Gasteiger partial charge in [-0.15, -0.1) is 0 Å². The number of halogens is 6. The fourth-order valence-corrected chi connectivity index (χ4v) is 2.52. The van der Waals surface area contributed by atoms with Gasteiger partial charge < -0.3 is 11.1 Å². The number of alkyl halides is 6. The lowest BCUT2D eigenvalue weighted by atomic mass is 10.1. The number of hydrogen-bond acceptors (Lipinski definition) is 4. The molecule has 0 atom stereocenters. The van der Waals surface area contributed by atoms with E-state index in [0.29, 0.717) is 5.56 Å². The van der Waals surface area contributed by atoms with E-state index in [9.17, 15) is 31.1 Å². The molecule has 3 N–H and O–H groups in total. The summed E-state index contributed by atoms with van der Waals surface area (Å²) < 4.78 is 76.5. The fraction of sp³-hybridized carbons (Fsp3) is 0.167. The number of carbonyl (C=O) groups is 1. The van der Waals surface area contributed by atoms with Gasteiger partial charge in [0.1, 0.15) is 0 Å². The molecule has 0 aliphatic carbocycles. The highest BCUT2D eigenvalue weighted by Crippen LogP contribution is 2.31. The van der Waals surface area contributed by atoms with Crippen LogP contribution in [0.3, 0.4) is 0 Å². The molecular formula is C18H12F6N4O. The first kappa shape index (κ1) is 20.4. The van der Waals surface area contributed by atoms with Gasteiger partial charge in [0.15, 0.2) is 11.5 Å². The molecule has 0 fully saturated rings. The van der Waals surface area contributed by atoms with Gasteiger partial charge in [-0.3, -0.25) is 4.79 Å². The minimum Gasteiger partial charge on any atom is -0.364 e. The van der Waals surface area contributed by atoms with E-state index < -0.39 is 29.4 Å². The molecule has 2 aromatic carbocycles. The SMILES string of the molecule is NC(=O)c1nc2ccc(C(F)(F)F)cc2nc1NCc1ccc(C(F)(F)F)cc1. The standard InChI is InChI=1S/C18H12F6N4O/c19-17(20,21)10-3-1-9(2-4-10)8-26-16-14(15(25)29)27-12-6-5-11(18(22,23)24)7-13(12)28-16/h1-7H,8H2,(H2,25,29)(H,26,28). The lowest BCUT2D eigenvalue weighted by Crippen LogP contribution is -2.18.